The average molecular weight is 520 g/mol. The summed E-state index contributed by atoms with van der Waals surface area (Å²) in [6.45, 7) is 0. The van der Waals surface area contributed by atoms with Gasteiger partial charge in [0, 0.05) is 11.1 Å². The lowest BCUT2D eigenvalue weighted by atomic mass is 9.42. The van der Waals surface area contributed by atoms with Crippen molar-refractivity contribution in [1.82, 2.24) is 4.90 Å². The van der Waals surface area contributed by atoms with Crippen LogP contribution in [0.1, 0.15) is 22.3 Å². The number of fused-ring (bicyclic) bond motifs is 3. The third-order valence-electron chi connectivity index (χ3n) is 8.26. The van der Waals surface area contributed by atoms with E-state index in [0.717, 1.165) is 0 Å². The molecule has 3 aliphatic rings. The van der Waals surface area contributed by atoms with Crippen LogP contribution < -0.4 is 17.2 Å². The molecule has 0 aliphatic heterocycles. The highest BCUT2D eigenvalue weighted by Gasteiger charge is 2.78. The van der Waals surface area contributed by atoms with Gasteiger partial charge in [-0.05, 0) is 56.8 Å². The Labute approximate surface area is 216 Å². The van der Waals surface area contributed by atoms with Crippen molar-refractivity contribution < 1.29 is 33.5 Å². The van der Waals surface area contributed by atoms with Crippen LogP contribution in [-0.2, 0) is 25.6 Å². The number of rotatable bonds is 3. The van der Waals surface area contributed by atoms with E-state index in [1.807, 2.05) is 0 Å². The van der Waals surface area contributed by atoms with Gasteiger partial charge in [-0.3, -0.25) is 28.9 Å². The second-order valence-corrected chi connectivity index (χ2v) is 10.6. The molecule has 196 valence electrons. The summed E-state index contributed by atoms with van der Waals surface area (Å²) in [4.78, 5) is 68.8. The topological polar surface area (TPSA) is 224 Å². The van der Waals surface area contributed by atoms with Gasteiger partial charge in [-0.2, -0.15) is 5.26 Å². The summed E-state index contributed by atoms with van der Waals surface area (Å²) in [5.41, 5.74) is 12.8. The average Bonchev–Trinajstić information content (AvgIpc) is 3.32. The van der Waals surface area contributed by atoms with E-state index in [1.165, 1.54) is 31.3 Å². The van der Waals surface area contributed by atoms with E-state index in [0.29, 0.717) is 16.9 Å². The van der Waals surface area contributed by atoms with Crippen LogP contribution in [0.15, 0.2) is 34.9 Å². The molecular formula is C26H25N5O7. The number of carbonyl (C=O) groups excluding carboxylic acids is 5. The van der Waals surface area contributed by atoms with Gasteiger partial charge in [0.15, 0.2) is 34.5 Å². The fourth-order valence-corrected chi connectivity index (χ4v) is 6.87. The van der Waals surface area contributed by atoms with Crippen LogP contribution in [0.5, 0.6) is 5.75 Å². The van der Waals surface area contributed by atoms with Crippen molar-refractivity contribution in [3.05, 3.63) is 41.7 Å². The van der Waals surface area contributed by atoms with E-state index in [9.17, 15) is 34.3 Å². The summed E-state index contributed by atoms with van der Waals surface area (Å²) in [6.07, 6.45) is 0.780. The Kier molecular flexibility index (Phi) is 5.30. The number of carbonyl (C=O) groups is 5. The normalized spacial score (nSPS) is 34.4. The molecule has 2 fully saturated rings. The number of furan rings is 1. The molecule has 0 bridgehead atoms. The van der Waals surface area contributed by atoms with E-state index < -0.39 is 75.6 Å². The Balaban J connectivity index is 1.79. The van der Waals surface area contributed by atoms with Gasteiger partial charge < -0.3 is 26.7 Å². The molecule has 1 heterocycles. The minimum atomic E-state index is -2.77. The van der Waals surface area contributed by atoms with Gasteiger partial charge >= 0.3 is 0 Å². The first-order valence-corrected chi connectivity index (χ1v) is 11.8. The summed E-state index contributed by atoms with van der Waals surface area (Å²) in [7, 11) is 2.89. The number of Topliss-reactive ketones (excluding diaryl/α,β-unsaturated/α-hetero) is 4. The summed E-state index contributed by atoms with van der Waals surface area (Å²) >= 11 is 0. The Morgan fingerprint density at radius 1 is 1.16 bits per heavy atom. The number of hydrogen-bond acceptors (Lipinski definition) is 11. The van der Waals surface area contributed by atoms with E-state index in [2.05, 4.69) is 0 Å². The molecule has 1 aromatic carbocycles. The highest BCUT2D eigenvalue weighted by Crippen LogP contribution is 2.56. The minimum absolute atomic E-state index is 0.169. The zero-order valence-electron chi connectivity index (χ0n) is 20.6. The molecule has 2 saturated carbocycles. The molecule has 38 heavy (non-hydrogen) atoms. The molecular weight excluding hydrogens is 494 g/mol. The lowest BCUT2D eigenvalue weighted by Crippen LogP contribution is -2.85. The van der Waals surface area contributed by atoms with Crippen molar-refractivity contribution in [3.8, 4) is 23.1 Å². The zero-order valence-corrected chi connectivity index (χ0v) is 20.6. The molecule has 5 rings (SSSR count). The van der Waals surface area contributed by atoms with Crippen LogP contribution in [0.4, 0.5) is 0 Å². The monoisotopic (exact) mass is 519 g/mol. The lowest BCUT2D eigenvalue weighted by molar-refractivity contribution is -0.166. The van der Waals surface area contributed by atoms with Crippen LogP contribution >= 0.6 is 0 Å². The summed E-state index contributed by atoms with van der Waals surface area (Å²) in [5, 5.41) is 21.0. The van der Waals surface area contributed by atoms with Gasteiger partial charge in [-0.15, -0.1) is 0 Å². The number of phenols is 1. The zero-order chi connectivity index (χ0) is 27.9. The Bertz CT molecular complexity index is 1490. The molecule has 1 amide bonds. The second kappa shape index (κ2) is 7.91. The van der Waals surface area contributed by atoms with Gasteiger partial charge in [-0.1, -0.05) is 0 Å². The quantitative estimate of drug-likeness (QED) is 0.362. The third kappa shape index (κ3) is 2.86. The van der Waals surface area contributed by atoms with E-state index >= 15 is 0 Å². The minimum Gasteiger partial charge on any atom is -0.507 e. The van der Waals surface area contributed by atoms with Gasteiger partial charge in [0.25, 0.3) is 0 Å². The van der Waals surface area contributed by atoms with Crippen LogP contribution in [0.2, 0.25) is 0 Å². The van der Waals surface area contributed by atoms with Crippen molar-refractivity contribution in [2.45, 2.75) is 30.0 Å². The maximum absolute atomic E-state index is 14.2. The molecule has 0 saturated heterocycles. The molecule has 0 radical (unpaired) electrons. The number of phenolic OH excluding ortho intramolecular Hbond substituents is 1. The maximum Gasteiger partial charge on any atom is 0.235 e. The Hall–Kier alpha value is -4.18. The first-order valence-electron chi connectivity index (χ1n) is 11.8. The maximum atomic E-state index is 14.2. The standard InChI is InChI=1S/C26H25N5O7/c1-31(2)20-19(34)16(23(28)37)21(35)25(10-27)22(36)17-18(33)15-12(8-24(17,29)9-26(20,25)30)11(5-6-13(15)32)14-4-3-7-38-14/h3-7,16-17,20,32H,8-9,29-30H2,1-2H3,(H2,28,37)/t16?,17?,20-,24-,25+,26-/m1/s1. The molecule has 2 unspecified atom stereocenters. The number of amides is 1. The van der Waals surface area contributed by atoms with Crippen LogP contribution in [0.25, 0.3) is 11.3 Å². The van der Waals surface area contributed by atoms with Gasteiger partial charge in [0.1, 0.15) is 17.4 Å². The first kappa shape index (κ1) is 25.5. The number of nitriles is 1. The molecule has 1 aromatic heterocycles. The molecule has 12 heteroatoms. The predicted molar refractivity (Wildman–Crippen MR) is 129 cm³/mol. The number of hydrogen-bond donors (Lipinski definition) is 4. The smallest absolute Gasteiger partial charge is 0.235 e. The fourth-order valence-electron chi connectivity index (χ4n) is 6.87. The largest absolute Gasteiger partial charge is 0.507 e. The van der Waals surface area contributed by atoms with Crippen LogP contribution in [0, 0.1) is 28.6 Å². The fraction of sp³-hybridized carbons (Fsp3) is 0.385. The van der Waals surface area contributed by atoms with Crippen molar-refractivity contribution in [2.75, 3.05) is 14.1 Å². The summed E-state index contributed by atoms with van der Waals surface area (Å²) < 4.78 is 5.49. The van der Waals surface area contributed by atoms with Crippen molar-refractivity contribution in [3.63, 3.8) is 0 Å². The van der Waals surface area contributed by atoms with E-state index in [1.54, 1.807) is 24.3 Å². The van der Waals surface area contributed by atoms with Crippen molar-refractivity contribution in [2.24, 2.45) is 34.5 Å². The third-order valence-corrected chi connectivity index (χ3v) is 8.26. The number of primary amides is 1. The molecule has 7 N–H and O–H groups in total. The number of aromatic hydroxyl groups is 1. The van der Waals surface area contributed by atoms with Gasteiger partial charge in [0.2, 0.25) is 5.91 Å². The van der Waals surface area contributed by atoms with Crippen molar-refractivity contribution in [1.29, 1.82) is 5.26 Å². The summed E-state index contributed by atoms with van der Waals surface area (Å²) in [6, 6.07) is 6.31. The highest BCUT2D eigenvalue weighted by atomic mass is 16.3. The molecule has 2 aromatic rings. The molecule has 0 spiro atoms. The second-order valence-electron chi connectivity index (χ2n) is 10.6. The van der Waals surface area contributed by atoms with E-state index in [4.69, 9.17) is 21.6 Å². The number of benzene rings is 1. The SMILES string of the molecule is CN(C)[C@@H]1C(=O)C(C(N)=O)C(=O)[C@@]2(C#N)C(=O)C3C(=O)c4c(O)ccc(-c5ccco5)c4C[C@@]3(N)C[C@@]12N. The number of nitrogens with zero attached hydrogens (tertiary/aromatic N) is 2. The van der Waals surface area contributed by atoms with Gasteiger partial charge in [-0.25, -0.2) is 0 Å². The molecule has 3 aliphatic carbocycles. The van der Waals surface area contributed by atoms with Crippen LogP contribution in [-0.4, -0.2) is 70.3 Å². The van der Waals surface area contributed by atoms with Gasteiger partial charge in [0.05, 0.1) is 29.5 Å². The predicted octanol–water partition coefficient (Wildman–Crippen LogP) is -0.932. The van der Waals surface area contributed by atoms with Crippen molar-refractivity contribution >= 4 is 29.0 Å². The van der Waals surface area contributed by atoms with E-state index in [-0.39, 0.29) is 12.0 Å². The number of nitrogens with two attached hydrogens (primary N) is 3. The molecule has 6 atom stereocenters. The Morgan fingerprint density at radius 3 is 2.39 bits per heavy atom. The Morgan fingerprint density at radius 2 is 1.84 bits per heavy atom. The first-order chi connectivity index (χ1) is 17.8. The van der Waals surface area contributed by atoms with Crippen LogP contribution in [0.3, 0.4) is 0 Å². The number of ketones is 4. The molecule has 12 nitrogen and oxygen atoms in total. The highest BCUT2D eigenvalue weighted by molar-refractivity contribution is 6.33. The summed E-state index contributed by atoms with van der Waals surface area (Å²) in [5.74, 6) is -9.68. The lowest BCUT2D eigenvalue weighted by Gasteiger charge is -2.60. The number of likely N-dealkylation sites (N-methyl/N-ethyl adjacent to an activating group) is 1.